The molecule has 2 N–H and O–H groups in total. The lowest BCUT2D eigenvalue weighted by Crippen LogP contribution is -2.39. The molecule has 104 valence electrons. The van der Waals surface area contributed by atoms with Crippen LogP contribution in [0.15, 0.2) is 34.9 Å². The molecule has 0 fully saturated rings. The van der Waals surface area contributed by atoms with Crippen LogP contribution in [0.3, 0.4) is 0 Å². The van der Waals surface area contributed by atoms with Crippen LogP contribution in [0.4, 0.5) is 0 Å². The van der Waals surface area contributed by atoms with Crippen molar-refractivity contribution in [1.29, 1.82) is 0 Å². The van der Waals surface area contributed by atoms with Gasteiger partial charge in [-0.15, -0.1) is 11.3 Å². The lowest BCUT2D eigenvalue weighted by molar-refractivity contribution is 0.200. The molecular weight excluding hydrogens is 282 g/mol. The topological polar surface area (TPSA) is 45.4 Å². The highest BCUT2D eigenvalue weighted by atomic mass is 35.5. The minimum absolute atomic E-state index is 0.0102. The van der Waals surface area contributed by atoms with Gasteiger partial charge in [0.2, 0.25) is 0 Å². The van der Waals surface area contributed by atoms with Gasteiger partial charge < -0.3 is 9.52 Å². The number of hydrogen-bond acceptors (Lipinski definition) is 4. The Kier molecular flexibility index (Phi) is 5.05. The fraction of sp³-hybridized carbons (Fsp3) is 0.429. The highest BCUT2D eigenvalue weighted by Crippen LogP contribution is 2.32. The number of aliphatic hydroxyl groups is 1. The summed E-state index contributed by atoms with van der Waals surface area (Å²) in [5.41, 5.74) is 0. The van der Waals surface area contributed by atoms with Gasteiger partial charge in [0.05, 0.1) is 17.2 Å². The summed E-state index contributed by atoms with van der Waals surface area (Å²) in [5, 5.41) is 12.9. The third kappa shape index (κ3) is 3.60. The molecule has 2 aromatic rings. The highest BCUT2D eigenvalue weighted by molar-refractivity contribution is 7.16. The largest absolute Gasteiger partial charge is 0.467 e. The summed E-state index contributed by atoms with van der Waals surface area (Å²) >= 11 is 7.53. The first-order valence-electron chi connectivity index (χ1n) is 6.27. The summed E-state index contributed by atoms with van der Waals surface area (Å²) < 4.78 is 6.25. The summed E-state index contributed by atoms with van der Waals surface area (Å²) in [6.45, 7) is 4.25. The van der Waals surface area contributed by atoms with Gasteiger partial charge in [-0.05, 0) is 30.2 Å². The number of hydrogen-bond donors (Lipinski definition) is 2. The summed E-state index contributed by atoms with van der Waals surface area (Å²) in [5.74, 6) is 1.16. The van der Waals surface area contributed by atoms with E-state index in [0.29, 0.717) is 5.92 Å². The van der Waals surface area contributed by atoms with Gasteiger partial charge in [-0.1, -0.05) is 25.4 Å². The van der Waals surface area contributed by atoms with E-state index in [-0.39, 0.29) is 18.7 Å². The first kappa shape index (κ1) is 14.6. The normalized spacial score (nSPS) is 14.8. The van der Waals surface area contributed by atoms with E-state index < -0.39 is 0 Å². The van der Waals surface area contributed by atoms with Crippen molar-refractivity contribution in [2.75, 3.05) is 6.61 Å². The van der Waals surface area contributed by atoms with Crippen LogP contribution >= 0.6 is 22.9 Å². The van der Waals surface area contributed by atoms with E-state index >= 15 is 0 Å². The summed E-state index contributed by atoms with van der Waals surface area (Å²) in [7, 11) is 0. The predicted octanol–water partition coefficient (Wildman–Crippen LogP) is 3.69. The van der Waals surface area contributed by atoms with Crippen LogP contribution in [-0.4, -0.2) is 17.8 Å². The molecule has 0 saturated carbocycles. The van der Waals surface area contributed by atoms with Gasteiger partial charge >= 0.3 is 0 Å². The molecule has 1 unspecified atom stereocenters. The third-order valence-corrected chi connectivity index (χ3v) is 4.38. The molecule has 0 radical (unpaired) electrons. The second-order valence-corrected chi connectivity index (χ2v) is 6.54. The summed E-state index contributed by atoms with van der Waals surface area (Å²) in [4.78, 5) is 1.08. The number of nitrogens with one attached hydrogen (secondary N) is 1. The Morgan fingerprint density at radius 2 is 2.16 bits per heavy atom. The maximum atomic E-state index is 9.48. The molecule has 0 bridgehead atoms. The van der Waals surface area contributed by atoms with Crippen molar-refractivity contribution in [3.63, 3.8) is 0 Å². The number of aliphatic hydroxyl groups excluding tert-OH is 1. The van der Waals surface area contributed by atoms with Gasteiger partial charge in [0, 0.05) is 10.9 Å². The van der Waals surface area contributed by atoms with Crippen molar-refractivity contribution in [1.82, 2.24) is 5.32 Å². The van der Waals surface area contributed by atoms with Crippen molar-refractivity contribution in [3.8, 4) is 0 Å². The molecule has 0 aliphatic carbocycles. The monoisotopic (exact) mass is 299 g/mol. The van der Waals surface area contributed by atoms with Gasteiger partial charge in [-0.25, -0.2) is 0 Å². The quantitative estimate of drug-likeness (QED) is 0.855. The van der Waals surface area contributed by atoms with Gasteiger partial charge in [0.15, 0.2) is 0 Å². The molecule has 0 aliphatic heterocycles. The van der Waals surface area contributed by atoms with Crippen LogP contribution in [0.2, 0.25) is 4.34 Å². The first-order valence-corrected chi connectivity index (χ1v) is 7.46. The Morgan fingerprint density at radius 1 is 1.37 bits per heavy atom. The van der Waals surface area contributed by atoms with Crippen LogP contribution in [0.25, 0.3) is 0 Å². The molecule has 2 atom stereocenters. The van der Waals surface area contributed by atoms with E-state index in [1.54, 1.807) is 6.26 Å². The molecular formula is C14H18ClNO2S. The zero-order valence-electron chi connectivity index (χ0n) is 11.0. The Morgan fingerprint density at radius 3 is 2.63 bits per heavy atom. The minimum Gasteiger partial charge on any atom is -0.467 e. The van der Waals surface area contributed by atoms with E-state index in [9.17, 15) is 5.11 Å². The maximum Gasteiger partial charge on any atom is 0.126 e. The fourth-order valence-corrected chi connectivity index (χ4v) is 3.04. The van der Waals surface area contributed by atoms with E-state index in [0.717, 1.165) is 15.0 Å². The Bertz CT molecular complexity index is 495. The van der Waals surface area contributed by atoms with Crippen molar-refractivity contribution in [2.24, 2.45) is 5.92 Å². The first-order chi connectivity index (χ1) is 9.11. The number of furan rings is 1. The lowest BCUT2D eigenvalue weighted by Gasteiger charge is -2.25. The van der Waals surface area contributed by atoms with Crippen LogP contribution in [0, 0.1) is 5.92 Å². The third-order valence-electron chi connectivity index (χ3n) is 3.09. The van der Waals surface area contributed by atoms with Gasteiger partial charge in [0.25, 0.3) is 0 Å². The number of halogens is 1. The molecule has 0 saturated heterocycles. The maximum absolute atomic E-state index is 9.48. The Balaban J connectivity index is 2.25. The molecule has 5 heteroatoms. The second-order valence-electron chi connectivity index (χ2n) is 4.79. The molecule has 2 aromatic heterocycles. The summed E-state index contributed by atoms with van der Waals surface area (Å²) in [6.07, 6.45) is 1.66. The van der Waals surface area contributed by atoms with Crippen molar-refractivity contribution < 1.29 is 9.52 Å². The van der Waals surface area contributed by atoms with E-state index in [2.05, 4.69) is 19.2 Å². The van der Waals surface area contributed by atoms with Gasteiger partial charge in [-0.3, -0.25) is 5.32 Å². The smallest absolute Gasteiger partial charge is 0.126 e. The molecule has 0 spiro atoms. The molecule has 3 nitrogen and oxygen atoms in total. The predicted molar refractivity (Wildman–Crippen MR) is 78.7 cm³/mol. The van der Waals surface area contributed by atoms with Crippen LogP contribution in [0.5, 0.6) is 0 Å². The lowest BCUT2D eigenvalue weighted by atomic mass is 10.0. The Hall–Kier alpha value is -0.810. The van der Waals surface area contributed by atoms with Crippen LogP contribution < -0.4 is 5.32 Å². The molecule has 0 aromatic carbocycles. The molecule has 0 amide bonds. The van der Waals surface area contributed by atoms with E-state index in [1.165, 1.54) is 11.3 Å². The zero-order chi connectivity index (χ0) is 13.8. The SMILES string of the molecule is CC(C)[C@@H](CO)NC(c1ccco1)c1ccc(Cl)s1. The molecule has 2 heterocycles. The van der Waals surface area contributed by atoms with E-state index in [4.69, 9.17) is 16.0 Å². The van der Waals surface area contributed by atoms with Crippen LogP contribution in [-0.2, 0) is 0 Å². The zero-order valence-corrected chi connectivity index (χ0v) is 12.5. The number of thiophene rings is 1. The van der Waals surface area contributed by atoms with Crippen LogP contribution in [0.1, 0.15) is 30.5 Å². The second kappa shape index (κ2) is 6.57. The molecule has 19 heavy (non-hydrogen) atoms. The van der Waals surface area contributed by atoms with Crippen molar-refractivity contribution in [3.05, 3.63) is 45.5 Å². The average Bonchev–Trinajstić information content (AvgIpc) is 3.01. The summed E-state index contributed by atoms with van der Waals surface area (Å²) in [6, 6.07) is 7.59. The van der Waals surface area contributed by atoms with Crippen molar-refractivity contribution in [2.45, 2.75) is 25.9 Å². The number of rotatable bonds is 6. The highest BCUT2D eigenvalue weighted by Gasteiger charge is 2.23. The molecule has 2 rings (SSSR count). The average molecular weight is 300 g/mol. The van der Waals surface area contributed by atoms with Crippen molar-refractivity contribution >= 4 is 22.9 Å². The van der Waals surface area contributed by atoms with Gasteiger partial charge in [0.1, 0.15) is 11.8 Å². The molecule has 0 aliphatic rings. The minimum atomic E-state index is -0.0768. The standard InChI is InChI=1S/C14H18ClNO2S/c1-9(2)10(8-17)16-14(11-4-3-7-18-11)12-5-6-13(15)19-12/h3-7,9-10,14,16-17H,8H2,1-2H3/t10-,14?/m1/s1. The van der Waals surface area contributed by atoms with Gasteiger partial charge in [-0.2, -0.15) is 0 Å². The Labute approximate surface area is 122 Å². The fourth-order valence-electron chi connectivity index (χ4n) is 1.91. The van der Waals surface area contributed by atoms with E-state index in [1.807, 2.05) is 24.3 Å².